The summed E-state index contributed by atoms with van der Waals surface area (Å²) in [5.74, 6) is -0.446. The fourth-order valence-electron chi connectivity index (χ4n) is 2.96. The van der Waals surface area contributed by atoms with E-state index in [9.17, 15) is 9.59 Å². The molecule has 1 aliphatic carbocycles. The van der Waals surface area contributed by atoms with E-state index in [1.54, 1.807) is 4.90 Å². The van der Waals surface area contributed by atoms with Crippen LogP contribution in [-0.4, -0.2) is 43.0 Å². The molecule has 2 fully saturated rings. The SMILES string of the molecule is COC(=O)C1(C(=O)N2CC[C@@H](Nc3ccccc3)C2)CC1. The minimum Gasteiger partial charge on any atom is -0.468 e. The minimum atomic E-state index is -0.879. The maximum absolute atomic E-state index is 12.5. The molecule has 0 radical (unpaired) electrons. The Balaban J connectivity index is 1.60. The topological polar surface area (TPSA) is 58.6 Å². The smallest absolute Gasteiger partial charge is 0.321 e. The number of hydrogen-bond acceptors (Lipinski definition) is 4. The molecule has 0 bridgehead atoms. The van der Waals surface area contributed by atoms with E-state index in [1.165, 1.54) is 7.11 Å². The summed E-state index contributed by atoms with van der Waals surface area (Å²) in [6.45, 7) is 1.34. The summed E-state index contributed by atoms with van der Waals surface area (Å²) in [7, 11) is 1.35. The van der Waals surface area contributed by atoms with Gasteiger partial charge in [-0.1, -0.05) is 18.2 Å². The molecule has 1 atom stereocenters. The lowest BCUT2D eigenvalue weighted by Crippen LogP contribution is -2.41. The molecule has 112 valence electrons. The Bertz CT molecular complexity index is 540. The summed E-state index contributed by atoms with van der Waals surface area (Å²) in [6, 6.07) is 10.2. The minimum absolute atomic E-state index is 0.0632. The molecule has 1 aromatic carbocycles. The molecule has 2 aliphatic rings. The third-order valence-corrected chi connectivity index (χ3v) is 4.36. The third-order valence-electron chi connectivity index (χ3n) is 4.36. The van der Waals surface area contributed by atoms with Gasteiger partial charge in [-0.25, -0.2) is 0 Å². The Kier molecular flexibility index (Phi) is 3.57. The highest BCUT2D eigenvalue weighted by Crippen LogP contribution is 2.48. The molecular formula is C16H20N2O3. The number of para-hydroxylation sites is 1. The highest BCUT2D eigenvalue weighted by atomic mass is 16.5. The Morgan fingerprint density at radius 2 is 2.00 bits per heavy atom. The Hall–Kier alpha value is -2.04. The molecule has 1 saturated carbocycles. The third kappa shape index (κ3) is 2.60. The van der Waals surface area contributed by atoms with Crippen molar-refractivity contribution in [3.05, 3.63) is 30.3 Å². The highest BCUT2D eigenvalue weighted by Gasteiger charge is 2.59. The Morgan fingerprint density at radius 3 is 2.62 bits per heavy atom. The van der Waals surface area contributed by atoms with Crippen molar-refractivity contribution in [2.24, 2.45) is 5.41 Å². The van der Waals surface area contributed by atoms with Gasteiger partial charge in [0, 0.05) is 24.8 Å². The van der Waals surface area contributed by atoms with Crippen LogP contribution < -0.4 is 5.32 Å². The van der Waals surface area contributed by atoms with Gasteiger partial charge in [-0.2, -0.15) is 0 Å². The fraction of sp³-hybridized carbons (Fsp3) is 0.500. The van der Waals surface area contributed by atoms with Gasteiger partial charge in [0.2, 0.25) is 5.91 Å². The van der Waals surface area contributed by atoms with Crippen LogP contribution in [-0.2, 0) is 14.3 Å². The van der Waals surface area contributed by atoms with Crippen molar-refractivity contribution in [2.45, 2.75) is 25.3 Å². The first-order valence-corrected chi connectivity index (χ1v) is 7.35. The maximum Gasteiger partial charge on any atom is 0.321 e. The summed E-state index contributed by atoms with van der Waals surface area (Å²) in [5, 5.41) is 3.43. The Labute approximate surface area is 124 Å². The molecule has 21 heavy (non-hydrogen) atoms. The summed E-state index contributed by atoms with van der Waals surface area (Å²) in [4.78, 5) is 26.1. The molecule has 1 heterocycles. The van der Waals surface area contributed by atoms with Gasteiger partial charge < -0.3 is 15.0 Å². The number of amides is 1. The number of nitrogens with one attached hydrogen (secondary N) is 1. The maximum atomic E-state index is 12.5. The number of likely N-dealkylation sites (tertiary alicyclic amines) is 1. The molecule has 0 spiro atoms. The predicted molar refractivity (Wildman–Crippen MR) is 78.7 cm³/mol. The first-order chi connectivity index (χ1) is 10.2. The number of hydrogen-bond donors (Lipinski definition) is 1. The van der Waals surface area contributed by atoms with Gasteiger partial charge in [0.15, 0.2) is 0 Å². The van der Waals surface area contributed by atoms with Crippen LogP contribution in [0.3, 0.4) is 0 Å². The first-order valence-electron chi connectivity index (χ1n) is 7.35. The molecule has 5 nitrogen and oxygen atoms in total. The predicted octanol–water partition coefficient (Wildman–Crippen LogP) is 1.65. The van der Waals surface area contributed by atoms with Crippen LogP contribution in [0, 0.1) is 5.41 Å². The number of benzene rings is 1. The van der Waals surface area contributed by atoms with Crippen molar-refractivity contribution < 1.29 is 14.3 Å². The molecule has 1 saturated heterocycles. The largest absolute Gasteiger partial charge is 0.468 e. The van der Waals surface area contributed by atoms with Crippen LogP contribution in [0.25, 0.3) is 0 Å². The van der Waals surface area contributed by atoms with Gasteiger partial charge in [0.1, 0.15) is 5.41 Å². The molecule has 1 N–H and O–H groups in total. The lowest BCUT2D eigenvalue weighted by Gasteiger charge is -2.22. The van der Waals surface area contributed by atoms with E-state index in [4.69, 9.17) is 4.74 Å². The van der Waals surface area contributed by atoms with E-state index in [2.05, 4.69) is 5.32 Å². The van der Waals surface area contributed by atoms with Gasteiger partial charge in [0.25, 0.3) is 0 Å². The van der Waals surface area contributed by atoms with Crippen LogP contribution in [0.15, 0.2) is 30.3 Å². The van der Waals surface area contributed by atoms with Gasteiger partial charge in [-0.15, -0.1) is 0 Å². The van der Waals surface area contributed by atoms with E-state index in [1.807, 2.05) is 30.3 Å². The summed E-state index contributed by atoms with van der Waals surface area (Å²) in [5.41, 5.74) is 0.182. The molecule has 1 aromatic rings. The lowest BCUT2D eigenvalue weighted by molar-refractivity contribution is -0.155. The summed E-state index contributed by atoms with van der Waals surface area (Å²) < 4.78 is 4.78. The zero-order valence-corrected chi connectivity index (χ0v) is 12.2. The normalized spacial score (nSPS) is 22.7. The standard InChI is InChI=1S/C16H20N2O3/c1-21-15(20)16(8-9-16)14(19)18-10-7-13(11-18)17-12-5-3-2-4-6-12/h2-6,13,17H,7-11H2,1H3/t13-/m1/s1. The van der Waals surface area contributed by atoms with Crippen molar-refractivity contribution in [2.75, 3.05) is 25.5 Å². The zero-order valence-electron chi connectivity index (χ0n) is 12.2. The second kappa shape index (κ2) is 5.39. The second-order valence-electron chi connectivity index (χ2n) is 5.82. The molecule has 1 amide bonds. The van der Waals surface area contributed by atoms with Crippen molar-refractivity contribution >= 4 is 17.6 Å². The van der Waals surface area contributed by atoms with Crippen LogP contribution in [0.4, 0.5) is 5.69 Å². The average molecular weight is 288 g/mol. The molecule has 1 aliphatic heterocycles. The molecule has 0 aromatic heterocycles. The van der Waals surface area contributed by atoms with Crippen LogP contribution >= 0.6 is 0 Å². The fourth-order valence-corrected chi connectivity index (χ4v) is 2.96. The van der Waals surface area contributed by atoms with E-state index >= 15 is 0 Å². The number of anilines is 1. The van der Waals surface area contributed by atoms with E-state index in [0.29, 0.717) is 25.9 Å². The number of nitrogens with zero attached hydrogens (tertiary/aromatic N) is 1. The van der Waals surface area contributed by atoms with Gasteiger partial charge in [-0.3, -0.25) is 9.59 Å². The van der Waals surface area contributed by atoms with Crippen LogP contribution in [0.2, 0.25) is 0 Å². The van der Waals surface area contributed by atoms with Gasteiger partial charge >= 0.3 is 5.97 Å². The lowest BCUT2D eigenvalue weighted by atomic mass is 10.1. The first kappa shape index (κ1) is 13.9. The van der Waals surface area contributed by atoms with Crippen molar-refractivity contribution in [1.82, 2.24) is 4.90 Å². The quantitative estimate of drug-likeness (QED) is 0.676. The molecule has 0 unspecified atom stereocenters. The number of ether oxygens (including phenoxy) is 1. The number of rotatable bonds is 4. The van der Waals surface area contributed by atoms with Crippen molar-refractivity contribution in [3.8, 4) is 0 Å². The van der Waals surface area contributed by atoms with Crippen molar-refractivity contribution in [3.63, 3.8) is 0 Å². The molecule has 5 heteroatoms. The monoisotopic (exact) mass is 288 g/mol. The number of carbonyl (C=O) groups excluding carboxylic acids is 2. The summed E-state index contributed by atoms with van der Waals surface area (Å²) >= 11 is 0. The van der Waals surface area contributed by atoms with Gasteiger partial charge in [0.05, 0.1) is 7.11 Å². The number of esters is 1. The van der Waals surface area contributed by atoms with E-state index in [0.717, 1.165) is 12.1 Å². The van der Waals surface area contributed by atoms with Crippen LogP contribution in [0.5, 0.6) is 0 Å². The zero-order chi connectivity index (χ0) is 14.9. The van der Waals surface area contributed by atoms with Gasteiger partial charge in [-0.05, 0) is 31.4 Å². The highest BCUT2D eigenvalue weighted by molar-refractivity contribution is 6.05. The number of carbonyl (C=O) groups is 2. The van der Waals surface area contributed by atoms with E-state index < -0.39 is 5.41 Å². The van der Waals surface area contributed by atoms with Crippen molar-refractivity contribution in [1.29, 1.82) is 0 Å². The molecular weight excluding hydrogens is 268 g/mol. The number of methoxy groups -OCH3 is 1. The molecule has 3 rings (SSSR count). The summed E-state index contributed by atoms with van der Waals surface area (Å²) in [6.07, 6.45) is 2.13. The van der Waals surface area contributed by atoms with E-state index in [-0.39, 0.29) is 17.9 Å². The second-order valence-corrected chi connectivity index (χ2v) is 5.82. The van der Waals surface area contributed by atoms with Crippen LogP contribution in [0.1, 0.15) is 19.3 Å². The average Bonchev–Trinajstić information content (AvgIpc) is 3.21. The Morgan fingerprint density at radius 1 is 1.29 bits per heavy atom.